The van der Waals surface area contributed by atoms with E-state index in [1.165, 1.54) is 12.1 Å². The van der Waals surface area contributed by atoms with Crippen LogP contribution in [0, 0.1) is 11.6 Å². The molecule has 1 rings (SSSR count). The summed E-state index contributed by atoms with van der Waals surface area (Å²) in [5, 5.41) is 16.5. The van der Waals surface area contributed by atoms with Crippen LogP contribution in [0.2, 0.25) is 0 Å². The van der Waals surface area contributed by atoms with Gasteiger partial charge in [-0.25, -0.2) is 8.78 Å². The van der Waals surface area contributed by atoms with Crippen molar-refractivity contribution in [3.8, 4) is 0 Å². The minimum atomic E-state index is -0.871. The molecule has 1 aromatic carbocycles. The molecule has 0 aliphatic carbocycles. The fraction of sp³-hybridized carbons (Fsp3) is 0.588. The lowest BCUT2D eigenvalue weighted by Gasteiger charge is -2.24. The molecule has 4 nitrogen and oxygen atoms in total. The van der Waals surface area contributed by atoms with E-state index in [4.69, 9.17) is 0 Å². The van der Waals surface area contributed by atoms with Crippen LogP contribution in [0.5, 0.6) is 0 Å². The van der Waals surface area contributed by atoms with Crippen LogP contribution in [0.3, 0.4) is 0 Å². The van der Waals surface area contributed by atoms with Gasteiger partial charge in [-0.15, -0.1) is 0 Å². The number of rotatable bonds is 7. The van der Waals surface area contributed by atoms with E-state index in [0.29, 0.717) is 30.9 Å². The maximum absolute atomic E-state index is 13.3. The number of hydrogen-bond acceptors (Lipinski definition) is 2. The summed E-state index contributed by atoms with van der Waals surface area (Å²) in [6.45, 7) is 8.55. The van der Waals surface area contributed by atoms with Gasteiger partial charge in [-0.1, -0.05) is 19.9 Å². The summed E-state index contributed by atoms with van der Waals surface area (Å²) in [5.41, 5.74) is -0.205. The zero-order valence-corrected chi connectivity index (χ0v) is 14.3. The second kappa shape index (κ2) is 8.82. The van der Waals surface area contributed by atoms with Gasteiger partial charge in [0.05, 0.1) is 18.2 Å². The minimum absolute atomic E-state index is 0.251. The third-order valence-corrected chi connectivity index (χ3v) is 3.99. The molecule has 0 aromatic heterocycles. The number of aliphatic imine (C=N–C) groups is 1. The first-order valence-corrected chi connectivity index (χ1v) is 8.07. The average molecular weight is 327 g/mol. The van der Waals surface area contributed by atoms with E-state index in [1.54, 1.807) is 0 Å². The van der Waals surface area contributed by atoms with Gasteiger partial charge in [-0.3, -0.25) is 4.99 Å². The van der Waals surface area contributed by atoms with Gasteiger partial charge in [0.2, 0.25) is 0 Å². The molecular formula is C17H27F2N3O. The van der Waals surface area contributed by atoms with Crippen molar-refractivity contribution in [2.75, 3.05) is 13.1 Å². The molecule has 1 aromatic rings. The molecule has 0 saturated carbocycles. The quantitative estimate of drug-likeness (QED) is 0.533. The maximum atomic E-state index is 13.3. The molecule has 1 atom stereocenters. The topological polar surface area (TPSA) is 56.7 Å². The van der Waals surface area contributed by atoms with Crippen LogP contribution in [-0.4, -0.2) is 29.8 Å². The predicted molar refractivity (Wildman–Crippen MR) is 89.4 cm³/mol. The largest absolute Gasteiger partial charge is 0.388 e. The maximum Gasteiger partial charge on any atom is 0.191 e. The molecule has 23 heavy (non-hydrogen) atoms. The van der Waals surface area contributed by atoms with E-state index in [2.05, 4.69) is 15.6 Å². The first-order valence-electron chi connectivity index (χ1n) is 8.07. The number of hydrogen-bond donors (Lipinski definition) is 3. The normalized spacial score (nSPS) is 13.8. The molecule has 0 bridgehead atoms. The predicted octanol–water partition coefficient (Wildman–Crippen LogP) is 3.13. The summed E-state index contributed by atoms with van der Waals surface area (Å²) < 4.78 is 26.4. The lowest BCUT2D eigenvalue weighted by Crippen LogP contribution is -2.40. The molecule has 0 spiro atoms. The highest BCUT2D eigenvalue weighted by molar-refractivity contribution is 5.80. The van der Waals surface area contributed by atoms with Crippen molar-refractivity contribution >= 4 is 5.96 Å². The SMILES string of the molecule is CCNC(=NCC(O)(CC)CC)NC(C)c1ccc(F)c(F)c1. The first kappa shape index (κ1) is 19.4. The van der Waals surface area contributed by atoms with Gasteiger partial charge in [-0.05, 0) is 44.4 Å². The average Bonchev–Trinajstić information content (AvgIpc) is 2.55. The summed E-state index contributed by atoms with van der Waals surface area (Å²) in [6, 6.07) is 3.57. The first-order chi connectivity index (χ1) is 10.8. The molecular weight excluding hydrogens is 300 g/mol. The van der Waals surface area contributed by atoms with Crippen LogP contribution in [0.1, 0.15) is 52.1 Å². The molecule has 3 N–H and O–H groups in total. The van der Waals surface area contributed by atoms with Crippen LogP contribution in [0.25, 0.3) is 0 Å². The van der Waals surface area contributed by atoms with Crippen molar-refractivity contribution in [2.45, 2.75) is 52.2 Å². The van der Waals surface area contributed by atoms with Crippen LogP contribution >= 0.6 is 0 Å². The molecule has 1 unspecified atom stereocenters. The van der Waals surface area contributed by atoms with Crippen LogP contribution in [0.4, 0.5) is 8.78 Å². The molecule has 0 fully saturated rings. The van der Waals surface area contributed by atoms with Crippen molar-refractivity contribution in [3.05, 3.63) is 35.4 Å². The van der Waals surface area contributed by atoms with E-state index >= 15 is 0 Å². The summed E-state index contributed by atoms with van der Waals surface area (Å²) >= 11 is 0. The summed E-state index contributed by atoms with van der Waals surface area (Å²) in [5.74, 6) is -1.20. The molecule has 0 radical (unpaired) electrons. The highest BCUT2D eigenvalue weighted by atomic mass is 19.2. The van der Waals surface area contributed by atoms with E-state index in [1.807, 2.05) is 27.7 Å². The highest BCUT2D eigenvalue weighted by Gasteiger charge is 2.22. The summed E-state index contributed by atoms with van der Waals surface area (Å²) in [6.07, 6.45) is 1.23. The lowest BCUT2D eigenvalue weighted by atomic mass is 9.98. The van der Waals surface area contributed by atoms with Crippen LogP contribution in [0.15, 0.2) is 23.2 Å². The Balaban J connectivity index is 2.83. The van der Waals surface area contributed by atoms with Gasteiger partial charge in [0.1, 0.15) is 0 Å². The van der Waals surface area contributed by atoms with E-state index in [9.17, 15) is 13.9 Å². The molecule has 0 aliphatic rings. The highest BCUT2D eigenvalue weighted by Crippen LogP contribution is 2.17. The van der Waals surface area contributed by atoms with Crippen molar-refractivity contribution in [3.63, 3.8) is 0 Å². The zero-order chi connectivity index (χ0) is 17.5. The Bertz CT molecular complexity index is 531. The Morgan fingerprint density at radius 2 is 1.87 bits per heavy atom. The third kappa shape index (κ3) is 5.78. The Kier molecular flexibility index (Phi) is 7.42. The number of guanidine groups is 1. The van der Waals surface area contributed by atoms with E-state index < -0.39 is 17.2 Å². The van der Waals surface area contributed by atoms with Crippen molar-refractivity contribution in [1.29, 1.82) is 0 Å². The van der Waals surface area contributed by atoms with Gasteiger partial charge in [0, 0.05) is 6.54 Å². The third-order valence-electron chi connectivity index (χ3n) is 3.99. The number of halogens is 2. The molecule has 0 amide bonds. The summed E-state index contributed by atoms with van der Waals surface area (Å²) in [4.78, 5) is 4.41. The second-order valence-corrected chi connectivity index (χ2v) is 5.67. The number of nitrogens with zero attached hydrogens (tertiary/aromatic N) is 1. The lowest BCUT2D eigenvalue weighted by molar-refractivity contribution is 0.0418. The smallest absolute Gasteiger partial charge is 0.191 e. The molecule has 0 saturated heterocycles. The number of nitrogens with one attached hydrogen (secondary N) is 2. The Morgan fingerprint density at radius 1 is 1.22 bits per heavy atom. The molecule has 130 valence electrons. The summed E-state index contributed by atoms with van der Waals surface area (Å²) in [7, 11) is 0. The Labute approximate surface area is 137 Å². The Hall–Kier alpha value is -1.69. The van der Waals surface area contributed by atoms with Gasteiger partial charge < -0.3 is 15.7 Å². The van der Waals surface area contributed by atoms with E-state index in [0.717, 1.165) is 6.07 Å². The van der Waals surface area contributed by atoms with Crippen LogP contribution in [-0.2, 0) is 0 Å². The molecule has 0 aliphatic heterocycles. The van der Waals surface area contributed by atoms with Gasteiger partial charge in [0.15, 0.2) is 17.6 Å². The van der Waals surface area contributed by atoms with E-state index in [-0.39, 0.29) is 12.6 Å². The number of benzene rings is 1. The monoisotopic (exact) mass is 327 g/mol. The minimum Gasteiger partial charge on any atom is -0.388 e. The van der Waals surface area contributed by atoms with Gasteiger partial charge >= 0.3 is 0 Å². The standard InChI is InChI=1S/C17H27F2N3O/c1-5-17(23,6-2)11-21-16(20-7-3)22-12(4)13-8-9-14(18)15(19)10-13/h8-10,12,23H,5-7,11H2,1-4H3,(H2,20,21,22). The number of aliphatic hydroxyl groups is 1. The van der Waals surface area contributed by atoms with Crippen LogP contribution < -0.4 is 10.6 Å². The van der Waals surface area contributed by atoms with Crippen molar-refractivity contribution in [2.24, 2.45) is 4.99 Å². The van der Waals surface area contributed by atoms with Crippen molar-refractivity contribution < 1.29 is 13.9 Å². The second-order valence-electron chi connectivity index (χ2n) is 5.67. The molecule has 0 heterocycles. The Morgan fingerprint density at radius 3 is 2.39 bits per heavy atom. The van der Waals surface area contributed by atoms with Gasteiger partial charge in [0.25, 0.3) is 0 Å². The van der Waals surface area contributed by atoms with Crippen molar-refractivity contribution in [1.82, 2.24) is 10.6 Å². The molecule has 6 heteroatoms. The fourth-order valence-electron chi connectivity index (χ4n) is 2.09. The van der Waals surface area contributed by atoms with Gasteiger partial charge in [-0.2, -0.15) is 0 Å². The fourth-order valence-corrected chi connectivity index (χ4v) is 2.09. The zero-order valence-electron chi connectivity index (χ0n) is 14.3.